The molecule has 3 aliphatic heterocycles. The molecule has 2 fully saturated rings. The van der Waals surface area contributed by atoms with E-state index in [1.165, 1.54) is 15.9 Å². The van der Waals surface area contributed by atoms with Crippen LogP contribution in [0.25, 0.3) is 5.82 Å². The number of hydrogen-bond acceptors (Lipinski definition) is 9. The summed E-state index contributed by atoms with van der Waals surface area (Å²) in [5.41, 5.74) is 1.60. The third-order valence-electron chi connectivity index (χ3n) is 6.61. The molecule has 0 aliphatic carbocycles. The highest BCUT2D eigenvalue weighted by atomic mass is 19.1. The number of aliphatic hydroxyl groups excluding tert-OH is 1. The standard InChI is InChI=1S/C21H25FN8O4/c1-13-17(11-34-20(13)32)29-7-6-28(21(29)33)16-4-5-27(9-15(16)22)10-18(31)14-2-3-19(23-8-14)30-12-24-25-26-30/h2-3,8,12,15-16,18,31H,4-7,9-11H2,1H3/t15-,16-,18?/m1/s1. The number of esters is 1. The number of amides is 2. The summed E-state index contributed by atoms with van der Waals surface area (Å²) >= 11 is 0. The number of urea groups is 1. The van der Waals surface area contributed by atoms with E-state index < -0.39 is 24.3 Å². The SMILES string of the molecule is CC1=C(N2CCN([C@@H]3CCN(CC(O)c4ccc(-n5cnnn5)nc4)C[C@H]3F)C2=O)COC1=O. The average molecular weight is 472 g/mol. The van der Waals surface area contributed by atoms with Gasteiger partial charge in [0.05, 0.1) is 23.4 Å². The Balaban J connectivity index is 1.17. The van der Waals surface area contributed by atoms with Crippen molar-refractivity contribution in [3.05, 3.63) is 41.5 Å². The van der Waals surface area contributed by atoms with Crippen molar-refractivity contribution in [3.63, 3.8) is 0 Å². The molecule has 0 radical (unpaired) electrons. The molecule has 3 aliphatic rings. The number of alkyl halides is 1. The van der Waals surface area contributed by atoms with Crippen molar-refractivity contribution in [2.24, 2.45) is 0 Å². The Morgan fingerprint density at radius 3 is 2.76 bits per heavy atom. The van der Waals surface area contributed by atoms with E-state index in [-0.39, 0.29) is 25.7 Å². The van der Waals surface area contributed by atoms with Gasteiger partial charge in [0, 0.05) is 44.5 Å². The van der Waals surface area contributed by atoms with Gasteiger partial charge in [-0.25, -0.2) is 19.0 Å². The van der Waals surface area contributed by atoms with E-state index in [1.807, 2.05) is 4.90 Å². The second-order valence-electron chi connectivity index (χ2n) is 8.63. The number of ether oxygens (including phenoxy) is 1. The lowest BCUT2D eigenvalue weighted by Crippen LogP contribution is -2.54. The zero-order valence-electron chi connectivity index (χ0n) is 18.6. The van der Waals surface area contributed by atoms with E-state index in [0.29, 0.717) is 48.7 Å². The smallest absolute Gasteiger partial charge is 0.336 e. The summed E-state index contributed by atoms with van der Waals surface area (Å²) < 4.78 is 21.6. The molecular formula is C21H25FN8O4. The van der Waals surface area contributed by atoms with E-state index in [0.717, 1.165) is 0 Å². The van der Waals surface area contributed by atoms with Gasteiger partial charge < -0.3 is 14.7 Å². The summed E-state index contributed by atoms with van der Waals surface area (Å²) in [6.45, 7) is 3.43. The fraction of sp³-hybridized carbons (Fsp3) is 0.524. The number of piperidine rings is 1. The van der Waals surface area contributed by atoms with Crippen LogP contribution in [0, 0.1) is 0 Å². The van der Waals surface area contributed by atoms with Gasteiger partial charge in [-0.05, 0) is 29.8 Å². The number of β-amino-alcohol motifs (C(OH)–C–C–N with tert-alkyl or cyclic N) is 1. The predicted molar refractivity (Wildman–Crippen MR) is 114 cm³/mol. The van der Waals surface area contributed by atoms with Crippen LogP contribution in [0.3, 0.4) is 0 Å². The van der Waals surface area contributed by atoms with E-state index in [9.17, 15) is 14.7 Å². The molecule has 13 heteroatoms. The van der Waals surface area contributed by atoms with Gasteiger partial charge in [-0.15, -0.1) is 5.10 Å². The highest BCUT2D eigenvalue weighted by Crippen LogP contribution is 2.29. The summed E-state index contributed by atoms with van der Waals surface area (Å²) in [4.78, 5) is 33.8. The summed E-state index contributed by atoms with van der Waals surface area (Å²) in [7, 11) is 0. The molecule has 180 valence electrons. The Bertz CT molecular complexity index is 1090. The molecule has 1 N–H and O–H groups in total. The number of aromatic nitrogens is 5. The number of rotatable bonds is 6. The number of cyclic esters (lactones) is 1. The zero-order valence-corrected chi connectivity index (χ0v) is 18.6. The Kier molecular flexibility index (Phi) is 5.96. The number of aliphatic hydroxyl groups is 1. The van der Waals surface area contributed by atoms with Crippen molar-refractivity contribution in [2.75, 3.05) is 39.3 Å². The van der Waals surface area contributed by atoms with Crippen LogP contribution in [0.5, 0.6) is 0 Å². The number of halogens is 1. The minimum absolute atomic E-state index is 0.0746. The Hall–Kier alpha value is -3.45. The van der Waals surface area contributed by atoms with Crippen LogP contribution in [0.1, 0.15) is 25.0 Å². The predicted octanol–water partition coefficient (Wildman–Crippen LogP) is 0.0715. The topological polar surface area (TPSA) is 130 Å². The molecule has 5 rings (SSSR count). The van der Waals surface area contributed by atoms with Gasteiger partial charge in [0.2, 0.25) is 0 Å². The molecule has 0 aromatic carbocycles. The third-order valence-corrected chi connectivity index (χ3v) is 6.61. The van der Waals surface area contributed by atoms with Crippen molar-refractivity contribution in [1.82, 2.24) is 39.9 Å². The van der Waals surface area contributed by atoms with Crippen molar-refractivity contribution < 1.29 is 23.8 Å². The molecule has 2 amide bonds. The molecule has 3 atom stereocenters. The van der Waals surface area contributed by atoms with Crippen molar-refractivity contribution in [1.29, 1.82) is 0 Å². The Morgan fingerprint density at radius 2 is 2.12 bits per heavy atom. The lowest BCUT2D eigenvalue weighted by molar-refractivity contribution is -0.136. The molecule has 2 aromatic rings. The first kappa shape index (κ1) is 22.3. The van der Waals surface area contributed by atoms with Crippen LogP contribution >= 0.6 is 0 Å². The van der Waals surface area contributed by atoms with E-state index in [4.69, 9.17) is 4.74 Å². The van der Waals surface area contributed by atoms with Crippen LogP contribution in [-0.4, -0.2) is 109 Å². The van der Waals surface area contributed by atoms with E-state index >= 15 is 4.39 Å². The minimum atomic E-state index is -1.25. The van der Waals surface area contributed by atoms with Gasteiger partial charge in [-0.2, -0.15) is 4.68 Å². The number of pyridine rings is 1. The van der Waals surface area contributed by atoms with E-state index in [2.05, 4.69) is 20.5 Å². The number of carbonyl (C=O) groups is 2. The monoisotopic (exact) mass is 472 g/mol. The maximum atomic E-state index is 15.2. The lowest BCUT2D eigenvalue weighted by Gasteiger charge is -2.39. The molecular weight excluding hydrogens is 447 g/mol. The van der Waals surface area contributed by atoms with Crippen LogP contribution in [0.4, 0.5) is 9.18 Å². The maximum absolute atomic E-state index is 15.2. The van der Waals surface area contributed by atoms with E-state index in [1.54, 1.807) is 30.2 Å². The number of likely N-dealkylation sites (tertiary alicyclic amines) is 1. The highest BCUT2D eigenvalue weighted by molar-refractivity contribution is 5.92. The molecule has 2 saturated heterocycles. The molecule has 0 spiro atoms. The normalized spacial score (nSPS) is 24.8. The van der Waals surface area contributed by atoms with Crippen LogP contribution in [0.15, 0.2) is 35.9 Å². The lowest BCUT2D eigenvalue weighted by atomic mass is 10.0. The summed E-state index contributed by atoms with van der Waals surface area (Å²) in [6.07, 6.45) is 1.34. The molecule has 1 unspecified atom stereocenters. The summed E-state index contributed by atoms with van der Waals surface area (Å²) in [6, 6.07) is 2.61. The largest absolute Gasteiger partial charge is 0.456 e. The van der Waals surface area contributed by atoms with Crippen molar-refractivity contribution >= 4 is 12.0 Å². The Labute approximate surface area is 194 Å². The fourth-order valence-corrected chi connectivity index (χ4v) is 4.68. The molecule has 0 bridgehead atoms. The fourth-order valence-electron chi connectivity index (χ4n) is 4.68. The summed E-state index contributed by atoms with van der Waals surface area (Å²) in [5.74, 6) is 0.103. The first-order valence-corrected chi connectivity index (χ1v) is 11.1. The van der Waals surface area contributed by atoms with Gasteiger partial charge in [0.15, 0.2) is 5.82 Å². The number of hydrogen-bond donors (Lipinski definition) is 1. The Morgan fingerprint density at radius 1 is 1.26 bits per heavy atom. The van der Waals surface area contributed by atoms with Crippen LogP contribution < -0.4 is 0 Å². The highest BCUT2D eigenvalue weighted by Gasteiger charge is 2.43. The van der Waals surface area contributed by atoms with Crippen LogP contribution in [0.2, 0.25) is 0 Å². The zero-order chi connectivity index (χ0) is 23.8. The van der Waals surface area contributed by atoms with Gasteiger partial charge in [0.1, 0.15) is 19.1 Å². The number of tetrazole rings is 1. The average Bonchev–Trinajstić information content (AvgIpc) is 3.57. The van der Waals surface area contributed by atoms with Gasteiger partial charge >= 0.3 is 12.0 Å². The summed E-state index contributed by atoms with van der Waals surface area (Å²) in [5, 5.41) is 21.5. The van der Waals surface area contributed by atoms with Crippen molar-refractivity contribution in [2.45, 2.75) is 31.7 Å². The van der Waals surface area contributed by atoms with Crippen LogP contribution in [-0.2, 0) is 9.53 Å². The molecule has 5 heterocycles. The number of carbonyl (C=O) groups excluding carboxylic acids is 2. The van der Waals surface area contributed by atoms with Gasteiger partial charge in [0.25, 0.3) is 0 Å². The third kappa shape index (κ3) is 4.12. The molecule has 34 heavy (non-hydrogen) atoms. The quantitative estimate of drug-likeness (QED) is 0.581. The van der Waals surface area contributed by atoms with Crippen molar-refractivity contribution in [3.8, 4) is 5.82 Å². The molecule has 12 nitrogen and oxygen atoms in total. The van der Waals surface area contributed by atoms with Gasteiger partial charge in [-0.1, -0.05) is 6.07 Å². The molecule has 0 saturated carbocycles. The minimum Gasteiger partial charge on any atom is -0.456 e. The first-order chi connectivity index (χ1) is 16.4. The maximum Gasteiger partial charge on any atom is 0.336 e. The second-order valence-corrected chi connectivity index (χ2v) is 8.63. The first-order valence-electron chi connectivity index (χ1n) is 11.1. The molecule has 2 aromatic heterocycles. The number of nitrogens with zero attached hydrogens (tertiary/aromatic N) is 8. The van der Waals surface area contributed by atoms with Gasteiger partial charge in [-0.3, -0.25) is 9.80 Å². The second kappa shape index (κ2) is 9.06.